The van der Waals surface area contributed by atoms with Crippen LogP contribution in [0.3, 0.4) is 0 Å². The number of anilines is 2. The van der Waals surface area contributed by atoms with Gasteiger partial charge in [-0.2, -0.15) is 9.36 Å². The van der Waals surface area contributed by atoms with Crippen molar-refractivity contribution in [1.82, 2.24) is 40.4 Å². The van der Waals surface area contributed by atoms with Crippen LogP contribution in [0.1, 0.15) is 13.1 Å². The average Bonchev–Trinajstić information content (AvgIpc) is 2.97. The second kappa shape index (κ2) is 4.38. The Morgan fingerprint density at radius 3 is 1.61 bits per heavy atom. The summed E-state index contributed by atoms with van der Waals surface area (Å²) in [5.41, 5.74) is 0. The molecule has 2 heterocycles. The zero-order valence-corrected chi connectivity index (χ0v) is 8.56. The minimum atomic E-state index is -1.36. The fourth-order valence-corrected chi connectivity index (χ4v) is 1.19. The average molecular weight is 268 g/mol. The summed E-state index contributed by atoms with van der Waals surface area (Å²) >= 11 is 0. The molecule has 98 valence electrons. The molecule has 0 saturated heterocycles. The van der Waals surface area contributed by atoms with E-state index in [0.717, 1.165) is 0 Å². The van der Waals surface area contributed by atoms with Crippen molar-refractivity contribution in [3.05, 3.63) is 0 Å². The molecular formula is C4H4F4N10. The normalized spacial score (nSPS) is 11.0. The van der Waals surface area contributed by atoms with Crippen molar-refractivity contribution in [2.75, 3.05) is 10.7 Å². The largest absolute Gasteiger partial charge is 0.309 e. The van der Waals surface area contributed by atoms with E-state index in [-0.39, 0.29) is 0 Å². The fraction of sp³-hybridized carbons (Fsp3) is 0.500. The Bertz CT molecular complexity index is 473. The summed E-state index contributed by atoms with van der Waals surface area (Å²) in [5.74, 6) is -1.87. The number of aromatic nitrogens is 8. The number of hydrogen-bond acceptors (Lipinski definition) is 8. The van der Waals surface area contributed by atoms with E-state index in [1.165, 1.54) is 6.92 Å². The van der Waals surface area contributed by atoms with E-state index in [9.17, 15) is 17.9 Å². The molecular weight excluding hydrogens is 264 g/mol. The van der Waals surface area contributed by atoms with E-state index in [4.69, 9.17) is 0 Å². The lowest BCUT2D eigenvalue weighted by Gasteiger charge is -2.14. The molecule has 0 aliphatic heterocycles. The summed E-state index contributed by atoms with van der Waals surface area (Å²) in [6.45, 7) is 1.26. The van der Waals surface area contributed by atoms with Crippen LogP contribution < -0.4 is 10.7 Å². The first-order valence-corrected chi connectivity index (χ1v) is 4.31. The highest BCUT2D eigenvalue weighted by atomic mass is 19.4. The standard InChI is InChI=1S/C4H4F4N10/c1-2(15-3(17(5)6)9-11-13-15)16-4(18(7)8)10-12-14-16/h2H,1H3. The Kier molecular flexibility index (Phi) is 2.90. The van der Waals surface area contributed by atoms with Gasteiger partial charge >= 0.3 is 11.9 Å². The lowest BCUT2D eigenvalue weighted by Crippen LogP contribution is -2.22. The van der Waals surface area contributed by atoms with Gasteiger partial charge in [0.1, 0.15) is 0 Å². The molecule has 10 nitrogen and oxygen atoms in total. The van der Waals surface area contributed by atoms with E-state index >= 15 is 0 Å². The maximum atomic E-state index is 12.4. The van der Waals surface area contributed by atoms with Crippen LogP contribution in [-0.2, 0) is 0 Å². The van der Waals surface area contributed by atoms with Gasteiger partial charge in [-0.05, 0) is 27.8 Å². The molecule has 0 aliphatic carbocycles. The van der Waals surface area contributed by atoms with Crippen LogP contribution in [0.2, 0.25) is 0 Å². The lowest BCUT2D eigenvalue weighted by molar-refractivity contribution is 0.205. The van der Waals surface area contributed by atoms with Gasteiger partial charge in [0.2, 0.25) is 0 Å². The molecule has 0 atom stereocenters. The van der Waals surface area contributed by atoms with Crippen molar-refractivity contribution in [2.45, 2.75) is 13.1 Å². The van der Waals surface area contributed by atoms with Gasteiger partial charge in [0.05, 0.1) is 0 Å². The SMILES string of the molecule is CC(n1nnnc1N(F)F)n1nnnc1N(F)F. The van der Waals surface area contributed by atoms with E-state index in [0.29, 0.717) is 9.36 Å². The molecule has 0 aliphatic rings. The van der Waals surface area contributed by atoms with Crippen molar-refractivity contribution >= 4 is 11.9 Å². The molecule has 0 fully saturated rings. The summed E-state index contributed by atoms with van der Waals surface area (Å²) in [4.78, 5) is 0. The summed E-state index contributed by atoms with van der Waals surface area (Å²) in [6, 6.07) is 0. The third-order valence-electron chi connectivity index (χ3n) is 1.96. The monoisotopic (exact) mass is 268 g/mol. The number of nitrogens with zero attached hydrogens (tertiary/aromatic N) is 10. The van der Waals surface area contributed by atoms with Crippen LogP contribution in [0.25, 0.3) is 0 Å². The summed E-state index contributed by atoms with van der Waals surface area (Å²) in [7, 11) is 0. The van der Waals surface area contributed by atoms with Crippen LogP contribution in [0, 0.1) is 0 Å². The highest BCUT2D eigenvalue weighted by molar-refractivity contribution is 5.21. The molecule has 0 unspecified atom stereocenters. The quantitative estimate of drug-likeness (QED) is 0.559. The number of halogens is 4. The van der Waals surface area contributed by atoms with Crippen molar-refractivity contribution in [3.8, 4) is 0 Å². The first-order chi connectivity index (χ1) is 8.52. The zero-order valence-electron chi connectivity index (χ0n) is 8.56. The second-order valence-corrected chi connectivity index (χ2v) is 2.94. The Morgan fingerprint density at radius 1 is 0.889 bits per heavy atom. The van der Waals surface area contributed by atoms with Crippen molar-refractivity contribution < 1.29 is 17.9 Å². The van der Waals surface area contributed by atoms with Crippen molar-refractivity contribution in [3.63, 3.8) is 0 Å². The van der Waals surface area contributed by atoms with E-state index in [1.54, 1.807) is 0 Å². The molecule has 2 rings (SSSR count). The second-order valence-electron chi connectivity index (χ2n) is 2.94. The molecule has 0 amide bonds. The molecule has 0 radical (unpaired) electrons. The van der Waals surface area contributed by atoms with Gasteiger partial charge in [0.25, 0.3) is 0 Å². The maximum absolute atomic E-state index is 12.4. The van der Waals surface area contributed by atoms with E-state index in [2.05, 4.69) is 31.1 Å². The minimum absolute atomic E-state index is 0.573. The Balaban J connectivity index is 2.39. The molecule has 18 heavy (non-hydrogen) atoms. The van der Waals surface area contributed by atoms with Gasteiger partial charge in [-0.15, -0.1) is 0 Å². The van der Waals surface area contributed by atoms with E-state index < -0.39 is 28.8 Å². The topological polar surface area (TPSA) is 93.7 Å². The molecule has 0 N–H and O–H groups in total. The Morgan fingerprint density at radius 2 is 1.28 bits per heavy atom. The molecule has 2 aromatic heterocycles. The number of tetrazole rings is 2. The van der Waals surface area contributed by atoms with Crippen LogP contribution in [0.5, 0.6) is 0 Å². The fourth-order valence-electron chi connectivity index (χ4n) is 1.19. The van der Waals surface area contributed by atoms with Gasteiger partial charge < -0.3 is 0 Å². The minimum Gasteiger partial charge on any atom is -0.182 e. The predicted octanol–water partition coefficient (Wildman–Crippen LogP) is -0.123. The van der Waals surface area contributed by atoms with Crippen molar-refractivity contribution in [1.29, 1.82) is 0 Å². The highest BCUT2D eigenvalue weighted by Gasteiger charge is 2.25. The van der Waals surface area contributed by atoms with Crippen LogP contribution in [0.4, 0.5) is 29.8 Å². The Hall–Kier alpha value is -2.54. The van der Waals surface area contributed by atoms with Crippen LogP contribution in [-0.4, -0.2) is 40.4 Å². The molecule has 0 aromatic carbocycles. The third kappa shape index (κ3) is 1.87. The van der Waals surface area contributed by atoms with E-state index in [1.807, 2.05) is 0 Å². The number of rotatable bonds is 4. The van der Waals surface area contributed by atoms with Crippen LogP contribution in [0.15, 0.2) is 0 Å². The third-order valence-corrected chi connectivity index (χ3v) is 1.96. The first-order valence-electron chi connectivity index (χ1n) is 4.31. The molecule has 0 spiro atoms. The summed E-state index contributed by atoms with van der Waals surface area (Å²) in [5, 5.41) is 15.8. The van der Waals surface area contributed by atoms with Gasteiger partial charge in [-0.1, -0.05) is 28.1 Å². The Labute approximate surface area is 95.1 Å². The molecule has 0 bridgehead atoms. The summed E-state index contributed by atoms with van der Waals surface area (Å²) < 4.78 is 50.6. The van der Waals surface area contributed by atoms with Gasteiger partial charge in [-0.25, -0.2) is 0 Å². The van der Waals surface area contributed by atoms with Gasteiger partial charge in [0.15, 0.2) is 6.17 Å². The maximum Gasteiger partial charge on any atom is 0.309 e. The predicted molar refractivity (Wildman–Crippen MR) is 45.1 cm³/mol. The van der Waals surface area contributed by atoms with Crippen molar-refractivity contribution in [2.24, 2.45) is 0 Å². The summed E-state index contributed by atoms with van der Waals surface area (Å²) in [6.07, 6.45) is -1.18. The van der Waals surface area contributed by atoms with Crippen LogP contribution >= 0.6 is 0 Å². The van der Waals surface area contributed by atoms with Gasteiger partial charge in [0, 0.05) is 10.7 Å². The molecule has 2 aromatic rings. The number of hydrogen-bond donors (Lipinski definition) is 0. The molecule has 14 heteroatoms. The van der Waals surface area contributed by atoms with Gasteiger partial charge in [-0.3, -0.25) is 0 Å². The lowest BCUT2D eigenvalue weighted by atomic mass is 10.5. The smallest absolute Gasteiger partial charge is 0.182 e. The first kappa shape index (κ1) is 11.9. The molecule has 0 saturated carbocycles. The zero-order chi connectivity index (χ0) is 13.3. The highest BCUT2D eigenvalue weighted by Crippen LogP contribution is 2.20.